The van der Waals surface area contributed by atoms with Crippen molar-refractivity contribution in [3.8, 4) is 0 Å². The van der Waals surface area contributed by atoms with E-state index in [1.807, 2.05) is 17.0 Å². The summed E-state index contributed by atoms with van der Waals surface area (Å²) in [7, 11) is 1.74. The highest BCUT2D eigenvalue weighted by atomic mass is 16.5. The van der Waals surface area contributed by atoms with Crippen LogP contribution in [0.25, 0.3) is 5.65 Å². The van der Waals surface area contributed by atoms with Gasteiger partial charge in [0.2, 0.25) is 0 Å². The summed E-state index contributed by atoms with van der Waals surface area (Å²) in [4.78, 5) is 29.4. The fraction of sp³-hybridized carbons (Fsp3) is 0.409. The number of aromatic nitrogens is 3. The molecule has 34 heavy (non-hydrogen) atoms. The number of rotatable bonds is 6. The van der Waals surface area contributed by atoms with Gasteiger partial charge in [-0.25, -0.2) is 14.8 Å². The fourth-order valence-corrected chi connectivity index (χ4v) is 4.11. The first-order chi connectivity index (χ1) is 16.6. The van der Waals surface area contributed by atoms with E-state index in [1.54, 1.807) is 30.4 Å². The average molecular weight is 467 g/mol. The molecule has 2 aromatic heterocycles. The first kappa shape index (κ1) is 22.1. The van der Waals surface area contributed by atoms with Crippen LogP contribution in [0.3, 0.4) is 0 Å². The lowest BCUT2D eigenvalue weighted by Crippen LogP contribution is -2.50. The molecule has 0 spiro atoms. The standard InChI is InChI=1S/C22H26N8O4/c1-23-20-11-19(25-15-3-2-6-29(17(15)13-31)28-7-9-34-10-8-28)27-21-14(12-24-30(20)21)22(33)26-16-4-5-18(16)32/h2-3,6,11-12,16,18,23,32H,4-5,7-10H2,1H3,(H,25,27)(H,26,33)/t16-,18-/m1/s1. The number of morpholine rings is 1. The summed E-state index contributed by atoms with van der Waals surface area (Å²) >= 11 is 0. The Labute approximate surface area is 195 Å². The van der Waals surface area contributed by atoms with Crippen molar-refractivity contribution in [2.75, 3.05) is 44.0 Å². The van der Waals surface area contributed by atoms with Crippen LogP contribution < -0.4 is 16.0 Å². The number of aliphatic hydroxyl groups excluding tert-OH is 1. The second kappa shape index (κ2) is 9.27. The lowest BCUT2D eigenvalue weighted by Gasteiger charge is -2.38. The van der Waals surface area contributed by atoms with Gasteiger partial charge in [0.1, 0.15) is 17.2 Å². The van der Waals surface area contributed by atoms with Gasteiger partial charge >= 0.3 is 0 Å². The monoisotopic (exact) mass is 466 g/mol. The van der Waals surface area contributed by atoms with Gasteiger partial charge in [-0.15, -0.1) is 0 Å². The molecule has 1 saturated carbocycles. The molecule has 5 rings (SSSR count). The number of carbonyl (C=O) groups is 1. The first-order valence-electron chi connectivity index (χ1n) is 11.2. The minimum Gasteiger partial charge on any atom is -0.391 e. The fourth-order valence-electron chi connectivity index (χ4n) is 4.11. The topological polar surface area (TPSA) is 136 Å². The number of hydrazine groups is 1. The molecule has 0 unspecified atom stereocenters. The molecule has 4 heterocycles. The lowest BCUT2D eigenvalue weighted by atomic mass is 9.89. The highest BCUT2D eigenvalue weighted by Crippen LogP contribution is 2.26. The van der Waals surface area contributed by atoms with Crippen LogP contribution in [-0.2, 0) is 9.53 Å². The Kier molecular flexibility index (Phi) is 6.03. The first-order valence-corrected chi connectivity index (χ1v) is 11.2. The third kappa shape index (κ3) is 4.03. The predicted molar refractivity (Wildman–Crippen MR) is 123 cm³/mol. The Balaban J connectivity index is 1.43. The number of ether oxygens (including phenoxy) is 1. The Morgan fingerprint density at radius 2 is 2.12 bits per heavy atom. The van der Waals surface area contributed by atoms with Gasteiger partial charge in [-0.3, -0.25) is 9.80 Å². The number of allylic oxidation sites excluding steroid dienone is 2. The molecule has 2 aliphatic heterocycles. The number of anilines is 2. The number of fused-ring (bicyclic) bond motifs is 1. The van der Waals surface area contributed by atoms with E-state index >= 15 is 0 Å². The minimum absolute atomic E-state index is 0.266. The van der Waals surface area contributed by atoms with Crippen LogP contribution in [0.2, 0.25) is 0 Å². The van der Waals surface area contributed by atoms with Crippen molar-refractivity contribution < 1.29 is 19.4 Å². The molecule has 0 radical (unpaired) electrons. The smallest absolute Gasteiger partial charge is 0.257 e. The molecule has 2 atom stereocenters. The van der Waals surface area contributed by atoms with Gasteiger partial charge in [-0.1, -0.05) is 0 Å². The van der Waals surface area contributed by atoms with Crippen molar-refractivity contribution in [3.63, 3.8) is 0 Å². The van der Waals surface area contributed by atoms with Gasteiger partial charge in [0.15, 0.2) is 17.3 Å². The molecular formula is C22H26N8O4. The highest BCUT2D eigenvalue weighted by Gasteiger charge is 2.31. The third-order valence-electron chi connectivity index (χ3n) is 6.15. The molecule has 0 aromatic carbocycles. The summed E-state index contributed by atoms with van der Waals surface area (Å²) in [5.74, 6) is 2.70. The maximum atomic E-state index is 12.8. The number of nitrogens with zero attached hydrogens (tertiary/aromatic N) is 5. The summed E-state index contributed by atoms with van der Waals surface area (Å²) < 4.78 is 6.94. The predicted octanol–water partition coefficient (Wildman–Crippen LogP) is 0.112. The molecule has 1 saturated heterocycles. The van der Waals surface area contributed by atoms with Gasteiger partial charge in [0, 0.05) is 32.4 Å². The molecule has 2 aromatic rings. The molecule has 12 nitrogen and oxygen atoms in total. The van der Waals surface area contributed by atoms with Crippen LogP contribution in [-0.4, -0.2) is 87.1 Å². The van der Waals surface area contributed by atoms with E-state index in [0.29, 0.717) is 61.4 Å². The van der Waals surface area contributed by atoms with Crippen LogP contribution in [0.5, 0.6) is 0 Å². The zero-order valence-electron chi connectivity index (χ0n) is 18.7. The van der Waals surface area contributed by atoms with Crippen LogP contribution in [0.4, 0.5) is 11.6 Å². The largest absolute Gasteiger partial charge is 0.391 e. The summed E-state index contributed by atoms with van der Waals surface area (Å²) in [5, 5.41) is 27.0. The van der Waals surface area contributed by atoms with Gasteiger partial charge in [-0.2, -0.15) is 9.61 Å². The Bertz CT molecular complexity index is 1210. The maximum absolute atomic E-state index is 12.8. The number of hydrogen-bond donors (Lipinski definition) is 4. The summed E-state index contributed by atoms with van der Waals surface area (Å²) in [5.41, 5.74) is 1.47. The van der Waals surface area contributed by atoms with E-state index in [4.69, 9.17) is 4.74 Å². The summed E-state index contributed by atoms with van der Waals surface area (Å²) in [6.07, 6.45) is 7.73. The number of carbonyl (C=O) groups excluding carboxylic acids is 2. The van der Waals surface area contributed by atoms with E-state index in [1.165, 1.54) is 10.7 Å². The van der Waals surface area contributed by atoms with E-state index in [0.717, 1.165) is 6.42 Å². The van der Waals surface area contributed by atoms with E-state index < -0.39 is 6.10 Å². The van der Waals surface area contributed by atoms with Crippen LogP contribution >= 0.6 is 0 Å². The van der Waals surface area contributed by atoms with Crippen molar-refractivity contribution in [2.24, 2.45) is 0 Å². The van der Waals surface area contributed by atoms with Gasteiger partial charge in [0.05, 0.1) is 37.3 Å². The minimum atomic E-state index is -0.530. The molecule has 1 aliphatic carbocycles. The maximum Gasteiger partial charge on any atom is 0.257 e. The Hall–Kier alpha value is -3.70. The van der Waals surface area contributed by atoms with Crippen molar-refractivity contribution in [3.05, 3.63) is 47.6 Å². The van der Waals surface area contributed by atoms with Gasteiger partial charge in [-0.05, 0) is 25.0 Å². The van der Waals surface area contributed by atoms with E-state index in [-0.39, 0.29) is 17.5 Å². The van der Waals surface area contributed by atoms with E-state index in [9.17, 15) is 14.7 Å². The quantitative estimate of drug-likeness (QED) is 0.434. The average Bonchev–Trinajstić information content (AvgIpc) is 3.30. The zero-order valence-corrected chi connectivity index (χ0v) is 18.7. The molecular weight excluding hydrogens is 440 g/mol. The number of hydrogen-bond acceptors (Lipinski definition) is 10. The second-order valence-corrected chi connectivity index (χ2v) is 8.20. The Morgan fingerprint density at radius 3 is 2.79 bits per heavy atom. The molecule has 12 heteroatoms. The summed E-state index contributed by atoms with van der Waals surface area (Å²) in [6, 6.07) is 1.47. The van der Waals surface area contributed by atoms with E-state index in [2.05, 4.69) is 26.0 Å². The van der Waals surface area contributed by atoms with Crippen molar-refractivity contribution in [1.29, 1.82) is 0 Å². The lowest BCUT2D eigenvalue weighted by molar-refractivity contribution is -0.0442. The number of nitrogens with one attached hydrogen (secondary N) is 3. The second-order valence-electron chi connectivity index (χ2n) is 8.20. The molecule has 4 N–H and O–H groups in total. The normalized spacial score (nSPS) is 22.7. The van der Waals surface area contributed by atoms with Crippen LogP contribution in [0.1, 0.15) is 23.2 Å². The SMILES string of the molecule is CNc1cc(NC2=CC=CN(N3CCOCC3)C2=C=O)nc2c(C(=O)N[C@@H]3CC[C@H]3O)cnn12. The van der Waals surface area contributed by atoms with Gasteiger partial charge in [0.25, 0.3) is 5.91 Å². The Morgan fingerprint density at radius 1 is 1.29 bits per heavy atom. The number of amides is 1. The van der Waals surface area contributed by atoms with Crippen LogP contribution in [0.15, 0.2) is 42.0 Å². The van der Waals surface area contributed by atoms with Crippen molar-refractivity contribution in [1.82, 2.24) is 29.9 Å². The zero-order chi connectivity index (χ0) is 23.7. The van der Waals surface area contributed by atoms with Crippen LogP contribution in [0, 0.1) is 0 Å². The molecule has 1 amide bonds. The van der Waals surface area contributed by atoms with Gasteiger partial charge < -0.3 is 25.8 Å². The molecule has 3 aliphatic rings. The molecule has 178 valence electrons. The molecule has 0 bridgehead atoms. The summed E-state index contributed by atoms with van der Waals surface area (Å²) in [6.45, 7) is 2.47. The van der Waals surface area contributed by atoms with Crippen molar-refractivity contribution in [2.45, 2.75) is 25.0 Å². The third-order valence-corrected chi connectivity index (χ3v) is 6.15. The highest BCUT2D eigenvalue weighted by molar-refractivity contribution is 6.00. The molecule has 2 fully saturated rings. The van der Waals surface area contributed by atoms with Crippen molar-refractivity contribution >= 4 is 29.1 Å². The number of aliphatic hydroxyl groups is 1.